The molecule has 146 valence electrons. The molecule has 5 heteroatoms. The molecular formula is C23H23Cl2NO2. The van der Waals surface area contributed by atoms with E-state index in [1.807, 2.05) is 42.5 Å². The Morgan fingerprint density at radius 3 is 2.39 bits per heavy atom. The van der Waals surface area contributed by atoms with Crippen molar-refractivity contribution in [3.63, 3.8) is 0 Å². The van der Waals surface area contributed by atoms with E-state index >= 15 is 0 Å². The molecule has 28 heavy (non-hydrogen) atoms. The van der Waals surface area contributed by atoms with Gasteiger partial charge in [-0.2, -0.15) is 0 Å². The van der Waals surface area contributed by atoms with Crippen molar-refractivity contribution in [2.75, 3.05) is 13.7 Å². The first-order chi connectivity index (χ1) is 13.7. The molecule has 0 fully saturated rings. The number of nitrogens with one attached hydrogen (secondary N) is 1. The molecule has 0 bridgehead atoms. The smallest absolute Gasteiger partial charge is 0.180 e. The quantitative estimate of drug-likeness (QED) is 0.440. The predicted molar refractivity (Wildman–Crippen MR) is 116 cm³/mol. The number of hydrogen-bond donors (Lipinski definition) is 1. The lowest BCUT2D eigenvalue weighted by atomic mass is 10.1. The summed E-state index contributed by atoms with van der Waals surface area (Å²) in [6, 6.07) is 21.8. The molecule has 0 atom stereocenters. The summed E-state index contributed by atoms with van der Waals surface area (Å²) in [6.07, 6.45) is 0.979. The Morgan fingerprint density at radius 2 is 1.64 bits per heavy atom. The van der Waals surface area contributed by atoms with Crippen LogP contribution in [0.2, 0.25) is 10.0 Å². The van der Waals surface area contributed by atoms with E-state index in [0.717, 1.165) is 24.1 Å². The van der Waals surface area contributed by atoms with Gasteiger partial charge in [0, 0.05) is 11.6 Å². The van der Waals surface area contributed by atoms with Crippen molar-refractivity contribution in [3.8, 4) is 11.5 Å². The third kappa shape index (κ3) is 5.90. The number of halogens is 2. The third-order valence-corrected chi connectivity index (χ3v) is 4.84. The van der Waals surface area contributed by atoms with E-state index in [1.165, 1.54) is 5.56 Å². The molecule has 0 aliphatic carbocycles. The number of hydrogen-bond acceptors (Lipinski definition) is 3. The Kier molecular flexibility index (Phi) is 7.61. The fraction of sp³-hybridized carbons (Fsp3) is 0.217. The van der Waals surface area contributed by atoms with Gasteiger partial charge in [0.15, 0.2) is 11.5 Å². The zero-order valence-electron chi connectivity index (χ0n) is 15.8. The van der Waals surface area contributed by atoms with Gasteiger partial charge in [0.05, 0.1) is 12.1 Å². The monoisotopic (exact) mass is 415 g/mol. The fourth-order valence-electron chi connectivity index (χ4n) is 2.91. The van der Waals surface area contributed by atoms with Crippen molar-refractivity contribution in [1.82, 2.24) is 5.32 Å². The molecule has 0 aromatic heterocycles. The van der Waals surface area contributed by atoms with Crippen LogP contribution in [0.15, 0.2) is 66.7 Å². The van der Waals surface area contributed by atoms with E-state index in [9.17, 15) is 0 Å². The highest BCUT2D eigenvalue weighted by Gasteiger charge is 2.12. The largest absolute Gasteiger partial charge is 0.493 e. The van der Waals surface area contributed by atoms with E-state index in [2.05, 4.69) is 29.6 Å². The van der Waals surface area contributed by atoms with Gasteiger partial charge in [-0.1, -0.05) is 65.7 Å². The molecule has 1 N–H and O–H groups in total. The number of rotatable bonds is 9. The van der Waals surface area contributed by atoms with E-state index in [-0.39, 0.29) is 0 Å². The Morgan fingerprint density at radius 1 is 0.857 bits per heavy atom. The molecule has 0 heterocycles. The number of ether oxygens (including phenoxy) is 2. The van der Waals surface area contributed by atoms with Gasteiger partial charge in [-0.3, -0.25) is 0 Å². The van der Waals surface area contributed by atoms with Crippen LogP contribution in [-0.2, 0) is 19.6 Å². The highest BCUT2D eigenvalue weighted by molar-refractivity contribution is 6.32. The van der Waals surface area contributed by atoms with Gasteiger partial charge in [0.2, 0.25) is 0 Å². The average molecular weight is 416 g/mol. The van der Waals surface area contributed by atoms with Crippen molar-refractivity contribution < 1.29 is 9.47 Å². The molecule has 0 saturated carbocycles. The summed E-state index contributed by atoms with van der Waals surface area (Å²) in [4.78, 5) is 0. The summed E-state index contributed by atoms with van der Waals surface area (Å²) in [5.74, 6) is 1.16. The fourth-order valence-corrected chi connectivity index (χ4v) is 3.41. The Labute approximate surface area is 176 Å². The molecule has 3 aromatic rings. The lowest BCUT2D eigenvalue weighted by Gasteiger charge is -2.15. The van der Waals surface area contributed by atoms with Gasteiger partial charge in [-0.15, -0.1) is 0 Å². The van der Waals surface area contributed by atoms with Crippen LogP contribution in [0.1, 0.15) is 16.7 Å². The van der Waals surface area contributed by atoms with Gasteiger partial charge in [0.25, 0.3) is 0 Å². The molecular weight excluding hydrogens is 393 g/mol. The standard InChI is InChI=1S/C23H23Cl2NO2/c1-27-22-14-19(15-26-11-10-17-6-3-2-4-7-17)13-21(25)23(22)28-16-18-8-5-9-20(24)12-18/h2-9,12-14,26H,10-11,15-16H2,1H3. The van der Waals surface area contributed by atoms with Crippen LogP contribution in [-0.4, -0.2) is 13.7 Å². The molecule has 0 unspecified atom stereocenters. The number of methoxy groups -OCH3 is 1. The van der Waals surface area contributed by atoms with Gasteiger partial charge >= 0.3 is 0 Å². The van der Waals surface area contributed by atoms with Crippen LogP contribution in [0, 0.1) is 0 Å². The van der Waals surface area contributed by atoms with Crippen LogP contribution in [0.3, 0.4) is 0 Å². The van der Waals surface area contributed by atoms with E-state index in [0.29, 0.717) is 34.7 Å². The maximum Gasteiger partial charge on any atom is 0.180 e. The molecule has 0 amide bonds. The second kappa shape index (κ2) is 10.4. The van der Waals surface area contributed by atoms with E-state index in [4.69, 9.17) is 32.7 Å². The van der Waals surface area contributed by atoms with E-state index < -0.39 is 0 Å². The number of benzene rings is 3. The van der Waals surface area contributed by atoms with Gasteiger partial charge in [-0.05, 0) is 53.9 Å². The van der Waals surface area contributed by atoms with Gasteiger partial charge in [0.1, 0.15) is 6.61 Å². The minimum Gasteiger partial charge on any atom is -0.493 e. The third-order valence-electron chi connectivity index (χ3n) is 4.32. The SMILES string of the molecule is COc1cc(CNCCc2ccccc2)cc(Cl)c1OCc1cccc(Cl)c1. The summed E-state index contributed by atoms with van der Waals surface area (Å²) in [5.41, 5.74) is 3.33. The van der Waals surface area contributed by atoms with Crippen LogP contribution < -0.4 is 14.8 Å². The summed E-state index contributed by atoms with van der Waals surface area (Å²) in [5, 5.41) is 4.65. The zero-order chi connectivity index (χ0) is 19.8. The Balaban J connectivity index is 1.59. The molecule has 3 rings (SSSR count). The first-order valence-corrected chi connectivity index (χ1v) is 9.89. The van der Waals surface area contributed by atoms with Crippen molar-refractivity contribution in [1.29, 1.82) is 0 Å². The molecule has 0 spiro atoms. The summed E-state index contributed by atoms with van der Waals surface area (Å²) in [6.45, 7) is 1.96. The van der Waals surface area contributed by atoms with Crippen LogP contribution >= 0.6 is 23.2 Å². The zero-order valence-corrected chi connectivity index (χ0v) is 17.3. The van der Waals surface area contributed by atoms with Crippen molar-refractivity contribution in [2.24, 2.45) is 0 Å². The Hall–Kier alpha value is -2.20. The van der Waals surface area contributed by atoms with Crippen LogP contribution in [0.4, 0.5) is 0 Å². The summed E-state index contributed by atoms with van der Waals surface area (Å²) in [7, 11) is 1.62. The summed E-state index contributed by atoms with van der Waals surface area (Å²) >= 11 is 12.5. The highest BCUT2D eigenvalue weighted by atomic mass is 35.5. The first kappa shape index (κ1) is 20.5. The predicted octanol–water partition coefficient (Wildman–Crippen LogP) is 5.91. The highest BCUT2D eigenvalue weighted by Crippen LogP contribution is 2.37. The van der Waals surface area contributed by atoms with Crippen LogP contribution in [0.5, 0.6) is 11.5 Å². The summed E-state index contributed by atoms with van der Waals surface area (Å²) < 4.78 is 11.4. The van der Waals surface area contributed by atoms with Crippen molar-refractivity contribution in [3.05, 3.63) is 93.5 Å². The lowest BCUT2D eigenvalue weighted by molar-refractivity contribution is 0.284. The average Bonchev–Trinajstić information content (AvgIpc) is 2.71. The molecule has 0 saturated heterocycles. The maximum absolute atomic E-state index is 6.46. The molecule has 3 nitrogen and oxygen atoms in total. The topological polar surface area (TPSA) is 30.5 Å². The van der Waals surface area contributed by atoms with Gasteiger partial charge in [-0.25, -0.2) is 0 Å². The maximum atomic E-state index is 6.46. The second-order valence-corrected chi connectivity index (χ2v) is 7.28. The lowest BCUT2D eigenvalue weighted by Crippen LogP contribution is -2.16. The molecule has 0 aliphatic heterocycles. The van der Waals surface area contributed by atoms with Crippen LogP contribution in [0.25, 0.3) is 0 Å². The van der Waals surface area contributed by atoms with Gasteiger partial charge < -0.3 is 14.8 Å². The van der Waals surface area contributed by atoms with Crippen molar-refractivity contribution in [2.45, 2.75) is 19.6 Å². The molecule has 0 aliphatic rings. The normalized spacial score (nSPS) is 10.7. The Bertz CT molecular complexity index is 900. The molecule has 0 radical (unpaired) electrons. The first-order valence-electron chi connectivity index (χ1n) is 9.14. The molecule has 3 aromatic carbocycles. The minimum absolute atomic E-state index is 0.366. The second-order valence-electron chi connectivity index (χ2n) is 6.44. The minimum atomic E-state index is 0.366. The van der Waals surface area contributed by atoms with E-state index in [1.54, 1.807) is 7.11 Å². The van der Waals surface area contributed by atoms with Crippen molar-refractivity contribution >= 4 is 23.2 Å².